The molecule has 1 atom stereocenters. The van der Waals surface area contributed by atoms with Crippen LogP contribution in [0.5, 0.6) is 0 Å². The van der Waals surface area contributed by atoms with Crippen molar-refractivity contribution in [2.75, 3.05) is 27.2 Å². The highest BCUT2D eigenvalue weighted by atomic mass is 35.5. The van der Waals surface area contributed by atoms with Crippen LogP contribution >= 0.6 is 24.8 Å². The van der Waals surface area contributed by atoms with Crippen LogP contribution in [0.1, 0.15) is 21.5 Å². The Labute approximate surface area is 185 Å². The van der Waals surface area contributed by atoms with Crippen molar-refractivity contribution >= 4 is 36.6 Å². The van der Waals surface area contributed by atoms with E-state index in [9.17, 15) is 9.59 Å². The quantitative estimate of drug-likeness (QED) is 0.556. The third kappa shape index (κ3) is 9.76. The van der Waals surface area contributed by atoms with E-state index in [1.165, 1.54) is 0 Å². The number of nitrogens with zero attached hydrogens (tertiary/aromatic N) is 1. The molecule has 0 bridgehead atoms. The highest BCUT2D eigenvalue weighted by Gasteiger charge is 2.14. The largest absolute Gasteiger partial charge is 0.351 e. The van der Waals surface area contributed by atoms with Crippen molar-refractivity contribution in [2.24, 2.45) is 5.73 Å². The van der Waals surface area contributed by atoms with Gasteiger partial charge in [-0.3, -0.25) is 9.59 Å². The first kappa shape index (κ1) is 26.9. The molecule has 160 valence electrons. The molecule has 2 aromatic rings. The number of nitrogens with one attached hydrogen (secondary N) is 2. The molecule has 0 fully saturated rings. The molecule has 29 heavy (non-hydrogen) atoms. The van der Waals surface area contributed by atoms with Crippen LogP contribution in [0.3, 0.4) is 0 Å². The van der Waals surface area contributed by atoms with Crippen LogP contribution in [0.15, 0.2) is 54.6 Å². The lowest BCUT2D eigenvalue weighted by molar-refractivity contribution is -0.122. The van der Waals surface area contributed by atoms with E-state index in [-0.39, 0.29) is 36.6 Å². The number of likely N-dealkylation sites (N-methyl/N-ethyl adjacent to an activating group) is 1. The molecule has 0 spiro atoms. The Morgan fingerprint density at radius 2 is 1.62 bits per heavy atom. The number of amides is 2. The Balaban J connectivity index is 0.00000392. The van der Waals surface area contributed by atoms with Gasteiger partial charge in [-0.1, -0.05) is 42.5 Å². The monoisotopic (exact) mass is 440 g/mol. The molecule has 1 unspecified atom stereocenters. The van der Waals surface area contributed by atoms with Gasteiger partial charge in [-0.15, -0.1) is 24.8 Å². The van der Waals surface area contributed by atoms with E-state index in [4.69, 9.17) is 5.73 Å². The highest BCUT2D eigenvalue weighted by molar-refractivity contribution is 5.94. The topological polar surface area (TPSA) is 87.5 Å². The van der Waals surface area contributed by atoms with Crippen LogP contribution < -0.4 is 16.4 Å². The Morgan fingerprint density at radius 1 is 0.966 bits per heavy atom. The molecule has 4 N–H and O–H groups in total. The Kier molecular flexibility index (Phi) is 12.9. The van der Waals surface area contributed by atoms with Crippen LogP contribution in [-0.4, -0.2) is 49.9 Å². The molecular formula is C21H30Cl2N4O2. The molecule has 0 saturated carbocycles. The maximum absolute atomic E-state index is 12.2. The maximum atomic E-state index is 12.2. The Hall–Kier alpha value is -2.12. The fourth-order valence-electron chi connectivity index (χ4n) is 2.60. The summed E-state index contributed by atoms with van der Waals surface area (Å²) in [5, 5.41) is 5.72. The molecule has 0 heterocycles. The second-order valence-corrected chi connectivity index (χ2v) is 6.77. The van der Waals surface area contributed by atoms with Gasteiger partial charge in [0.15, 0.2) is 0 Å². The zero-order valence-corrected chi connectivity index (χ0v) is 18.4. The van der Waals surface area contributed by atoms with E-state index in [1.54, 1.807) is 12.1 Å². The number of rotatable bonds is 9. The van der Waals surface area contributed by atoms with Gasteiger partial charge in [-0.2, -0.15) is 0 Å². The number of halogens is 2. The number of nitrogens with two attached hydrogens (primary N) is 1. The Bertz CT molecular complexity index is 757. The zero-order chi connectivity index (χ0) is 19.6. The lowest BCUT2D eigenvalue weighted by atomic mass is 10.1. The van der Waals surface area contributed by atoms with Crippen LogP contribution in [0.4, 0.5) is 0 Å². The molecule has 0 aromatic heterocycles. The van der Waals surface area contributed by atoms with Crippen molar-refractivity contribution in [1.29, 1.82) is 0 Å². The maximum Gasteiger partial charge on any atom is 0.251 e. The summed E-state index contributed by atoms with van der Waals surface area (Å²) in [6.45, 7) is 1.70. The molecule has 0 saturated heterocycles. The molecule has 2 aromatic carbocycles. The van der Waals surface area contributed by atoms with Crippen LogP contribution in [0.25, 0.3) is 0 Å². The molecule has 6 nitrogen and oxygen atoms in total. The number of hydrogen-bond acceptors (Lipinski definition) is 4. The van der Waals surface area contributed by atoms with Gasteiger partial charge in [0.1, 0.15) is 0 Å². The minimum Gasteiger partial charge on any atom is -0.351 e. The SMILES string of the molecule is CN(C)CCNC(=O)c1cccc(CNC(=O)C(N)Cc2ccccc2)c1.Cl.Cl. The summed E-state index contributed by atoms with van der Waals surface area (Å²) >= 11 is 0. The molecule has 0 radical (unpaired) electrons. The van der Waals surface area contributed by atoms with Crippen molar-refractivity contribution < 1.29 is 9.59 Å². The third-order valence-corrected chi connectivity index (χ3v) is 4.14. The average Bonchev–Trinajstić information content (AvgIpc) is 2.66. The number of hydrogen-bond donors (Lipinski definition) is 3. The number of benzene rings is 2. The third-order valence-electron chi connectivity index (χ3n) is 4.14. The van der Waals surface area contributed by atoms with E-state index >= 15 is 0 Å². The highest BCUT2D eigenvalue weighted by Crippen LogP contribution is 2.06. The van der Waals surface area contributed by atoms with Crippen LogP contribution in [0, 0.1) is 0 Å². The first-order valence-electron chi connectivity index (χ1n) is 9.05. The standard InChI is InChI=1S/C21H28N4O2.2ClH/c1-25(2)12-11-23-20(26)18-10-6-9-17(13-18)15-24-21(27)19(22)14-16-7-4-3-5-8-16;;/h3-10,13,19H,11-12,14-15,22H2,1-2H3,(H,23,26)(H,24,27);2*1H. The first-order valence-corrected chi connectivity index (χ1v) is 9.05. The lowest BCUT2D eigenvalue weighted by Crippen LogP contribution is -2.41. The summed E-state index contributed by atoms with van der Waals surface area (Å²) in [5.41, 5.74) is 8.45. The second kappa shape index (κ2) is 14.0. The van der Waals surface area contributed by atoms with Gasteiger partial charge in [-0.05, 0) is 43.8 Å². The molecule has 0 aliphatic carbocycles. The molecule has 2 amide bonds. The smallest absolute Gasteiger partial charge is 0.251 e. The van der Waals surface area contributed by atoms with Crippen LogP contribution in [-0.2, 0) is 17.8 Å². The second-order valence-electron chi connectivity index (χ2n) is 6.77. The minimum atomic E-state index is -0.607. The van der Waals surface area contributed by atoms with Crippen LogP contribution in [0.2, 0.25) is 0 Å². The zero-order valence-electron chi connectivity index (χ0n) is 16.8. The summed E-state index contributed by atoms with van der Waals surface area (Å²) in [5.74, 6) is -0.328. The predicted molar refractivity (Wildman–Crippen MR) is 122 cm³/mol. The van der Waals surface area contributed by atoms with Crippen molar-refractivity contribution in [2.45, 2.75) is 19.0 Å². The van der Waals surface area contributed by atoms with Gasteiger partial charge >= 0.3 is 0 Å². The van der Waals surface area contributed by atoms with Gasteiger partial charge in [0.25, 0.3) is 5.91 Å². The van der Waals surface area contributed by atoms with Gasteiger partial charge < -0.3 is 21.3 Å². The molecule has 2 rings (SSSR count). The minimum absolute atomic E-state index is 0. The van der Waals surface area contributed by atoms with E-state index in [0.717, 1.165) is 17.7 Å². The van der Waals surface area contributed by atoms with Gasteiger partial charge in [-0.25, -0.2) is 0 Å². The summed E-state index contributed by atoms with van der Waals surface area (Å²) in [4.78, 5) is 26.4. The van der Waals surface area contributed by atoms with E-state index in [2.05, 4.69) is 10.6 Å². The summed E-state index contributed by atoms with van der Waals surface area (Å²) in [7, 11) is 3.91. The first-order chi connectivity index (χ1) is 13.0. The lowest BCUT2D eigenvalue weighted by Gasteiger charge is -2.13. The molecule has 0 aliphatic heterocycles. The fourth-order valence-corrected chi connectivity index (χ4v) is 2.60. The van der Waals surface area contributed by atoms with Crippen molar-refractivity contribution in [3.8, 4) is 0 Å². The normalized spacial score (nSPS) is 11.0. The summed E-state index contributed by atoms with van der Waals surface area (Å²) in [6, 6.07) is 16.3. The van der Waals surface area contributed by atoms with E-state index < -0.39 is 6.04 Å². The molecular weight excluding hydrogens is 411 g/mol. The molecule has 0 aliphatic rings. The van der Waals surface area contributed by atoms with E-state index in [1.807, 2.05) is 61.5 Å². The van der Waals surface area contributed by atoms with Gasteiger partial charge in [0.05, 0.1) is 6.04 Å². The number of carbonyl (C=O) groups excluding carboxylic acids is 2. The predicted octanol–water partition coefficient (Wildman–Crippen LogP) is 2.01. The van der Waals surface area contributed by atoms with Crippen molar-refractivity contribution in [3.05, 3.63) is 71.3 Å². The number of carbonyl (C=O) groups is 2. The summed E-state index contributed by atoms with van der Waals surface area (Å²) < 4.78 is 0. The van der Waals surface area contributed by atoms with Gasteiger partial charge in [0, 0.05) is 25.2 Å². The van der Waals surface area contributed by atoms with Gasteiger partial charge in [0.2, 0.25) is 5.91 Å². The molecule has 8 heteroatoms. The average molecular weight is 441 g/mol. The van der Waals surface area contributed by atoms with E-state index in [0.29, 0.717) is 25.1 Å². The summed E-state index contributed by atoms with van der Waals surface area (Å²) in [6.07, 6.45) is 0.487. The van der Waals surface area contributed by atoms with Crippen molar-refractivity contribution in [3.63, 3.8) is 0 Å². The Morgan fingerprint density at radius 3 is 2.28 bits per heavy atom. The fraction of sp³-hybridized carbons (Fsp3) is 0.333. The van der Waals surface area contributed by atoms with Crippen molar-refractivity contribution in [1.82, 2.24) is 15.5 Å².